The molecule has 1 atom stereocenters. The molecule has 3 aromatic carbocycles. The van der Waals surface area contributed by atoms with Gasteiger partial charge in [0.15, 0.2) is 0 Å². The molecular formula is C28H31N5O5. The zero-order valence-electron chi connectivity index (χ0n) is 20.9. The van der Waals surface area contributed by atoms with Gasteiger partial charge in [-0.05, 0) is 28.8 Å². The Bertz CT molecular complexity index is 1260. The number of benzene rings is 3. The average molecular weight is 518 g/mol. The van der Waals surface area contributed by atoms with E-state index in [1.807, 2.05) is 54.6 Å². The van der Waals surface area contributed by atoms with Crippen molar-refractivity contribution in [1.29, 1.82) is 5.41 Å². The lowest BCUT2D eigenvalue weighted by atomic mass is 10.00. The first-order chi connectivity index (χ1) is 18.1. The zero-order chi connectivity index (χ0) is 28.1. The number of aliphatic carboxylic acids is 1. The number of hydrogen-bond donors (Lipinski definition) is 6. The third-order valence-corrected chi connectivity index (χ3v) is 5.32. The van der Waals surface area contributed by atoms with Crippen molar-refractivity contribution in [2.24, 2.45) is 11.5 Å². The molecule has 198 valence electrons. The van der Waals surface area contributed by atoms with E-state index in [0.717, 1.165) is 16.7 Å². The van der Waals surface area contributed by atoms with Crippen LogP contribution in [0.2, 0.25) is 0 Å². The summed E-state index contributed by atoms with van der Waals surface area (Å²) in [5.74, 6) is -2.52. The van der Waals surface area contributed by atoms with Crippen molar-refractivity contribution in [2.75, 3.05) is 6.54 Å². The highest BCUT2D eigenvalue weighted by molar-refractivity contribution is 6.00. The van der Waals surface area contributed by atoms with Crippen LogP contribution in [0.1, 0.15) is 34.8 Å². The second kappa shape index (κ2) is 14.5. The molecule has 0 aliphatic heterocycles. The van der Waals surface area contributed by atoms with Gasteiger partial charge in [0.25, 0.3) is 5.91 Å². The molecule has 38 heavy (non-hydrogen) atoms. The number of carboxylic acid groups (broad SMARTS) is 1. The van der Waals surface area contributed by atoms with E-state index in [0.29, 0.717) is 11.1 Å². The van der Waals surface area contributed by atoms with Crippen LogP contribution in [0.4, 0.5) is 0 Å². The molecule has 0 heterocycles. The molecule has 10 heteroatoms. The highest BCUT2D eigenvalue weighted by Gasteiger charge is 2.22. The van der Waals surface area contributed by atoms with Crippen LogP contribution in [0.25, 0.3) is 11.1 Å². The maximum Gasteiger partial charge on any atom is 0.303 e. The topological polar surface area (TPSA) is 188 Å². The van der Waals surface area contributed by atoms with Crippen LogP contribution in [0, 0.1) is 5.41 Å². The van der Waals surface area contributed by atoms with E-state index in [2.05, 4.69) is 10.6 Å². The van der Waals surface area contributed by atoms with Crippen molar-refractivity contribution in [1.82, 2.24) is 10.6 Å². The molecule has 0 fully saturated rings. The van der Waals surface area contributed by atoms with E-state index >= 15 is 0 Å². The monoisotopic (exact) mass is 517 g/mol. The molecule has 0 radical (unpaired) electrons. The van der Waals surface area contributed by atoms with Crippen LogP contribution in [-0.4, -0.2) is 47.2 Å². The van der Waals surface area contributed by atoms with E-state index in [1.165, 1.54) is 12.1 Å². The predicted octanol–water partition coefficient (Wildman–Crippen LogP) is 2.06. The summed E-state index contributed by atoms with van der Waals surface area (Å²) in [6, 6.07) is 22.8. The molecule has 0 spiro atoms. The fourth-order valence-electron chi connectivity index (χ4n) is 3.25. The Kier molecular flexibility index (Phi) is 11.2. The van der Waals surface area contributed by atoms with Crippen molar-refractivity contribution in [3.05, 3.63) is 95.6 Å². The van der Waals surface area contributed by atoms with E-state index in [1.54, 1.807) is 19.1 Å². The Labute approximate surface area is 220 Å². The van der Waals surface area contributed by atoms with Gasteiger partial charge in [-0.3, -0.25) is 24.6 Å². The van der Waals surface area contributed by atoms with Crippen molar-refractivity contribution >= 4 is 29.5 Å². The predicted molar refractivity (Wildman–Crippen MR) is 144 cm³/mol. The lowest BCUT2D eigenvalue weighted by Gasteiger charge is -2.19. The fraction of sp³-hybridized carbons (Fsp3) is 0.179. The van der Waals surface area contributed by atoms with E-state index < -0.39 is 29.7 Å². The van der Waals surface area contributed by atoms with Gasteiger partial charge in [0.1, 0.15) is 11.9 Å². The normalized spacial score (nSPS) is 10.8. The van der Waals surface area contributed by atoms with Gasteiger partial charge in [0, 0.05) is 24.0 Å². The number of nitrogens with one attached hydrogen (secondary N) is 3. The van der Waals surface area contributed by atoms with Gasteiger partial charge in [-0.1, -0.05) is 73.7 Å². The summed E-state index contributed by atoms with van der Waals surface area (Å²) in [7, 11) is 0. The van der Waals surface area contributed by atoms with Crippen LogP contribution in [0.5, 0.6) is 0 Å². The summed E-state index contributed by atoms with van der Waals surface area (Å²) in [4.78, 5) is 45.9. The van der Waals surface area contributed by atoms with Crippen molar-refractivity contribution in [3.63, 3.8) is 0 Å². The third kappa shape index (κ3) is 9.57. The number of rotatable bonds is 10. The van der Waals surface area contributed by atoms with Crippen molar-refractivity contribution < 1.29 is 24.3 Å². The first kappa shape index (κ1) is 29.2. The Balaban J connectivity index is 0.000000926. The summed E-state index contributed by atoms with van der Waals surface area (Å²) in [5.41, 5.74) is 14.3. The number of carbonyl (C=O) groups is 4. The lowest BCUT2D eigenvalue weighted by Crippen LogP contribution is -2.49. The Hall–Kier alpha value is -4.99. The number of primary amides is 1. The van der Waals surface area contributed by atoms with Crippen molar-refractivity contribution in [3.8, 4) is 11.1 Å². The Morgan fingerprint density at radius 1 is 0.842 bits per heavy atom. The summed E-state index contributed by atoms with van der Waals surface area (Å²) in [6.45, 7) is 1.27. The molecule has 0 saturated carbocycles. The van der Waals surface area contributed by atoms with Crippen LogP contribution >= 0.6 is 0 Å². The summed E-state index contributed by atoms with van der Waals surface area (Å²) in [5, 5.41) is 20.3. The van der Waals surface area contributed by atoms with Gasteiger partial charge in [0.05, 0.1) is 6.54 Å². The van der Waals surface area contributed by atoms with E-state index in [-0.39, 0.29) is 25.2 Å². The van der Waals surface area contributed by atoms with Gasteiger partial charge in [-0.2, -0.15) is 0 Å². The summed E-state index contributed by atoms with van der Waals surface area (Å²) in [6.07, 6.45) is 0.441. The highest BCUT2D eigenvalue weighted by Crippen LogP contribution is 2.20. The number of carboxylic acids is 1. The Morgan fingerprint density at radius 2 is 1.37 bits per heavy atom. The van der Waals surface area contributed by atoms with Crippen LogP contribution in [0.3, 0.4) is 0 Å². The standard InChI is InChI=1S/C25H25N5O3.C3H6O2/c26-22(31)15-29-25(33)21(30-24(32)20-12-10-19(11-13-20)23(27)28)14-16-6-8-18(9-7-16)17-4-2-1-3-5-17;1-2-3(4)5/h1-13,21H,14-15H2,(H2,26,31)(H3,27,28)(H,29,33)(H,30,32);2H2,1H3,(H,4,5). The van der Waals surface area contributed by atoms with Gasteiger partial charge < -0.3 is 27.2 Å². The summed E-state index contributed by atoms with van der Waals surface area (Å²) >= 11 is 0. The van der Waals surface area contributed by atoms with Crippen LogP contribution in [-0.2, 0) is 20.8 Å². The van der Waals surface area contributed by atoms with Crippen LogP contribution < -0.4 is 22.1 Å². The molecule has 0 aromatic heterocycles. The number of nitrogens with two attached hydrogens (primary N) is 2. The van der Waals surface area contributed by atoms with E-state index in [4.69, 9.17) is 22.0 Å². The molecule has 0 aliphatic carbocycles. The number of hydrogen-bond acceptors (Lipinski definition) is 5. The minimum atomic E-state index is -0.924. The smallest absolute Gasteiger partial charge is 0.303 e. The first-order valence-electron chi connectivity index (χ1n) is 11.8. The number of nitrogen functional groups attached to an aromatic ring is 1. The van der Waals surface area contributed by atoms with Gasteiger partial charge >= 0.3 is 5.97 Å². The average Bonchev–Trinajstić information content (AvgIpc) is 2.92. The van der Waals surface area contributed by atoms with Gasteiger partial charge in [0.2, 0.25) is 11.8 Å². The molecule has 3 aromatic rings. The Morgan fingerprint density at radius 3 is 1.87 bits per heavy atom. The molecule has 10 nitrogen and oxygen atoms in total. The SMILES string of the molecule is CCC(=O)O.N=C(N)c1ccc(C(=O)NC(Cc2ccc(-c3ccccc3)cc2)C(=O)NCC(N)=O)cc1. The molecule has 0 saturated heterocycles. The van der Waals surface area contributed by atoms with Gasteiger partial charge in [-0.15, -0.1) is 0 Å². The third-order valence-electron chi connectivity index (χ3n) is 5.32. The number of amidine groups is 1. The summed E-state index contributed by atoms with van der Waals surface area (Å²) < 4.78 is 0. The molecule has 8 N–H and O–H groups in total. The lowest BCUT2D eigenvalue weighted by molar-refractivity contribution is -0.136. The molecule has 0 aliphatic rings. The second-order valence-electron chi connectivity index (χ2n) is 8.22. The minimum Gasteiger partial charge on any atom is -0.481 e. The molecule has 3 rings (SSSR count). The van der Waals surface area contributed by atoms with E-state index in [9.17, 15) is 19.2 Å². The largest absolute Gasteiger partial charge is 0.481 e. The zero-order valence-corrected chi connectivity index (χ0v) is 20.9. The first-order valence-corrected chi connectivity index (χ1v) is 11.8. The number of carbonyl (C=O) groups excluding carboxylic acids is 3. The fourth-order valence-corrected chi connectivity index (χ4v) is 3.25. The quantitative estimate of drug-likeness (QED) is 0.176. The van der Waals surface area contributed by atoms with Crippen molar-refractivity contribution in [2.45, 2.75) is 25.8 Å². The minimum absolute atomic E-state index is 0.107. The van der Waals surface area contributed by atoms with Gasteiger partial charge in [-0.25, -0.2) is 0 Å². The maximum absolute atomic E-state index is 12.7. The maximum atomic E-state index is 12.7. The molecular weight excluding hydrogens is 486 g/mol. The molecule has 3 amide bonds. The molecule has 1 unspecified atom stereocenters. The molecule has 0 bridgehead atoms. The second-order valence-corrected chi connectivity index (χ2v) is 8.22. The van der Waals surface area contributed by atoms with Crippen LogP contribution in [0.15, 0.2) is 78.9 Å². The number of amides is 3. The highest BCUT2D eigenvalue weighted by atomic mass is 16.4.